The Kier molecular flexibility index (Phi) is 6.79. The van der Waals surface area contributed by atoms with Gasteiger partial charge < -0.3 is 19.9 Å². The van der Waals surface area contributed by atoms with Gasteiger partial charge in [-0.1, -0.05) is 25.6 Å². The van der Waals surface area contributed by atoms with E-state index in [0.29, 0.717) is 23.7 Å². The van der Waals surface area contributed by atoms with Crippen LogP contribution in [-0.2, 0) is 9.53 Å². The smallest absolute Gasteiger partial charge is 0.344 e. The fourth-order valence-corrected chi connectivity index (χ4v) is 1.58. The van der Waals surface area contributed by atoms with Crippen molar-refractivity contribution in [3.05, 3.63) is 23.8 Å². The third-order valence-corrected chi connectivity index (χ3v) is 2.79. The highest BCUT2D eigenvalue weighted by Gasteiger charge is 2.10. The zero-order valence-electron chi connectivity index (χ0n) is 11.7. The molecule has 0 aromatic heterocycles. The molecule has 0 saturated heterocycles. The summed E-state index contributed by atoms with van der Waals surface area (Å²) in [7, 11) is 1.51. The van der Waals surface area contributed by atoms with Crippen LogP contribution in [0.2, 0.25) is 0 Å². The number of hydrogen-bond donors (Lipinski definition) is 1. The summed E-state index contributed by atoms with van der Waals surface area (Å²) in [4.78, 5) is 11.7. The van der Waals surface area contributed by atoms with Crippen molar-refractivity contribution in [3.63, 3.8) is 0 Å². The van der Waals surface area contributed by atoms with Gasteiger partial charge in [-0.2, -0.15) is 0 Å². The maximum atomic E-state index is 11.4. The first-order valence-corrected chi connectivity index (χ1v) is 6.75. The summed E-state index contributed by atoms with van der Waals surface area (Å²) < 4.78 is 15.5. The average molecular weight is 297 g/mol. The van der Waals surface area contributed by atoms with E-state index in [1.807, 2.05) is 6.92 Å². The number of carbonyl (C=O) groups is 1. The highest BCUT2D eigenvalue weighted by atomic mass is 32.1. The lowest BCUT2D eigenvalue weighted by molar-refractivity contribution is -0.146. The lowest BCUT2D eigenvalue weighted by Gasteiger charge is -2.11. The van der Waals surface area contributed by atoms with Gasteiger partial charge in [0.15, 0.2) is 18.1 Å². The van der Waals surface area contributed by atoms with E-state index in [1.54, 1.807) is 18.2 Å². The van der Waals surface area contributed by atoms with E-state index in [-0.39, 0.29) is 11.6 Å². The number of rotatable bonds is 8. The van der Waals surface area contributed by atoms with Gasteiger partial charge in [0.25, 0.3) is 0 Å². The Morgan fingerprint density at radius 3 is 2.70 bits per heavy atom. The Morgan fingerprint density at radius 2 is 2.10 bits per heavy atom. The monoisotopic (exact) mass is 297 g/mol. The molecule has 0 heterocycles. The summed E-state index contributed by atoms with van der Waals surface area (Å²) in [6, 6.07) is 5.04. The number of thiocarbonyl (C=S) groups is 1. The van der Waals surface area contributed by atoms with Crippen LogP contribution >= 0.6 is 12.2 Å². The number of ether oxygens (including phenoxy) is 3. The number of methoxy groups -OCH3 is 1. The van der Waals surface area contributed by atoms with Crippen LogP contribution in [0, 0.1) is 0 Å². The summed E-state index contributed by atoms with van der Waals surface area (Å²) in [6.45, 7) is 2.28. The number of benzene rings is 1. The summed E-state index contributed by atoms with van der Waals surface area (Å²) in [5.41, 5.74) is 6.21. The second-order valence-corrected chi connectivity index (χ2v) is 4.53. The van der Waals surface area contributed by atoms with Gasteiger partial charge in [0.1, 0.15) is 4.99 Å². The molecule has 0 spiro atoms. The number of nitrogens with two attached hydrogens (primary N) is 1. The van der Waals surface area contributed by atoms with Gasteiger partial charge in [-0.15, -0.1) is 0 Å². The summed E-state index contributed by atoms with van der Waals surface area (Å²) in [5, 5.41) is 0. The van der Waals surface area contributed by atoms with Crippen LogP contribution in [-0.4, -0.2) is 31.3 Å². The predicted molar refractivity (Wildman–Crippen MR) is 80.2 cm³/mol. The maximum Gasteiger partial charge on any atom is 0.344 e. The Bertz CT molecular complexity index is 476. The zero-order valence-corrected chi connectivity index (χ0v) is 12.5. The van der Waals surface area contributed by atoms with Gasteiger partial charge in [0, 0.05) is 5.56 Å². The van der Waals surface area contributed by atoms with Crippen LogP contribution < -0.4 is 15.2 Å². The molecule has 1 aromatic carbocycles. The number of unbranched alkanes of at least 4 members (excludes halogenated alkanes) is 1. The first kappa shape index (κ1) is 16.2. The van der Waals surface area contributed by atoms with E-state index in [0.717, 1.165) is 12.8 Å². The summed E-state index contributed by atoms with van der Waals surface area (Å²) >= 11 is 4.89. The van der Waals surface area contributed by atoms with Crippen molar-refractivity contribution in [2.24, 2.45) is 5.73 Å². The third-order valence-electron chi connectivity index (χ3n) is 2.55. The minimum Gasteiger partial charge on any atom is -0.493 e. The molecule has 0 aliphatic carbocycles. The van der Waals surface area contributed by atoms with E-state index < -0.39 is 5.97 Å². The van der Waals surface area contributed by atoms with Crippen molar-refractivity contribution in [1.29, 1.82) is 0 Å². The highest BCUT2D eigenvalue weighted by molar-refractivity contribution is 7.80. The topological polar surface area (TPSA) is 70.8 Å². The van der Waals surface area contributed by atoms with Crippen molar-refractivity contribution in [2.45, 2.75) is 19.8 Å². The van der Waals surface area contributed by atoms with Crippen LogP contribution in [0.1, 0.15) is 25.3 Å². The number of hydrogen-bond acceptors (Lipinski definition) is 5. The van der Waals surface area contributed by atoms with Gasteiger partial charge >= 0.3 is 5.97 Å². The van der Waals surface area contributed by atoms with E-state index in [9.17, 15) is 4.79 Å². The fraction of sp³-hybridized carbons (Fsp3) is 0.429. The Balaban J connectivity index is 2.59. The van der Waals surface area contributed by atoms with Crippen LogP contribution in [0.4, 0.5) is 0 Å². The van der Waals surface area contributed by atoms with Gasteiger partial charge in [-0.25, -0.2) is 4.79 Å². The molecule has 0 atom stereocenters. The third kappa shape index (κ3) is 5.05. The quantitative estimate of drug-likeness (QED) is 0.450. The number of esters is 1. The minimum absolute atomic E-state index is 0.160. The molecule has 5 nitrogen and oxygen atoms in total. The van der Waals surface area contributed by atoms with Crippen LogP contribution in [0.3, 0.4) is 0 Å². The van der Waals surface area contributed by atoms with Crippen LogP contribution in [0.5, 0.6) is 11.5 Å². The van der Waals surface area contributed by atoms with Crippen molar-refractivity contribution in [2.75, 3.05) is 20.3 Å². The highest BCUT2D eigenvalue weighted by Crippen LogP contribution is 2.28. The molecule has 0 radical (unpaired) electrons. The predicted octanol–water partition coefficient (Wildman–Crippen LogP) is 2.05. The molecule has 0 aliphatic heterocycles. The molecular weight excluding hydrogens is 278 g/mol. The number of carbonyl (C=O) groups excluding carboxylic acids is 1. The van der Waals surface area contributed by atoms with E-state index >= 15 is 0 Å². The first-order chi connectivity index (χ1) is 9.58. The summed E-state index contributed by atoms with van der Waals surface area (Å²) in [5.74, 6) is 0.510. The maximum absolute atomic E-state index is 11.4. The minimum atomic E-state index is -0.404. The molecule has 1 aromatic rings. The molecule has 0 amide bonds. The molecule has 2 N–H and O–H groups in total. The largest absolute Gasteiger partial charge is 0.493 e. The van der Waals surface area contributed by atoms with Gasteiger partial charge in [-0.3, -0.25) is 0 Å². The van der Waals surface area contributed by atoms with E-state index in [2.05, 4.69) is 0 Å². The second kappa shape index (κ2) is 8.37. The molecule has 6 heteroatoms. The van der Waals surface area contributed by atoms with Gasteiger partial charge in [0.05, 0.1) is 13.7 Å². The molecule has 0 unspecified atom stereocenters. The van der Waals surface area contributed by atoms with Gasteiger partial charge in [-0.05, 0) is 24.6 Å². The second-order valence-electron chi connectivity index (χ2n) is 4.09. The lowest BCUT2D eigenvalue weighted by Crippen LogP contribution is -2.16. The Hall–Kier alpha value is -1.82. The van der Waals surface area contributed by atoms with Crippen LogP contribution in [0.15, 0.2) is 18.2 Å². The van der Waals surface area contributed by atoms with Crippen molar-refractivity contribution >= 4 is 23.2 Å². The van der Waals surface area contributed by atoms with Crippen molar-refractivity contribution in [3.8, 4) is 11.5 Å². The first-order valence-electron chi connectivity index (χ1n) is 6.34. The van der Waals surface area contributed by atoms with Gasteiger partial charge in [0.2, 0.25) is 0 Å². The zero-order chi connectivity index (χ0) is 15.0. The fourth-order valence-electron chi connectivity index (χ4n) is 1.45. The molecule has 1 rings (SSSR count). The molecular formula is C14H19NO4S. The molecule has 0 fully saturated rings. The SMILES string of the molecule is CCCCOC(=O)COc1ccc(C(N)=S)cc1OC. The lowest BCUT2D eigenvalue weighted by atomic mass is 10.2. The molecule has 0 saturated carbocycles. The Morgan fingerprint density at radius 1 is 1.35 bits per heavy atom. The van der Waals surface area contributed by atoms with E-state index in [4.69, 9.17) is 32.2 Å². The van der Waals surface area contributed by atoms with E-state index in [1.165, 1.54) is 7.11 Å². The van der Waals surface area contributed by atoms with Crippen LogP contribution in [0.25, 0.3) is 0 Å². The molecule has 110 valence electrons. The molecule has 20 heavy (non-hydrogen) atoms. The Labute approximate surface area is 124 Å². The van der Waals surface area contributed by atoms with Crippen molar-refractivity contribution in [1.82, 2.24) is 0 Å². The summed E-state index contributed by atoms with van der Waals surface area (Å²) in [6.07, 6.45) is 1.82. The standard InChI is InChI=1S/C14H19NO4S/c1-3-4-7-18-13(16)9-19-11-6-5-10(14(15)20)8-12(11)17-2/h5-6,8H,3-4,7,9H2,1-2H3,(H2,15,20). The van der Waals surface area contributed by atoms with Crippen molar-refractivity contribution < 1.29 is 19.0 Å². The molecule has 0 aliphatic rings. The average Bonchev–Trinajstić information content (AvgIpc) is 2.45. The molecule has 0 bridgehead atoms. The normalized spacial score (nSPS) is 9.90.